The van der Waals surface area contributed by atoms with E-state index in [4.69, 9.17) is 0 Å². The fourth-order valence-electron chi connectivity index (χ4n) is 4.44. The normalized spacial score (nSPS) is 17.2. The number of allylic oxidation sites excluding steroid dienone is 2. The number of hydrogen-bond acceptors (Lipinski definition) is 6. The van der Waals surface area contributed by atoms with Crippen LogP contribution in [-0.4, -0.2) is 90.9 Å². The van der Waals surface area contributed by atoms with Crippen molar-refractivity contribution < 1.29 is 14.4 Å². The number of carbonyl (C=O) groups is 3. The zero-order valence-electron chi connectivity index (χ0n) is 19.5. The summed E-state index contributed by atoms with van der Waals surface area (Å²) in [5.74, 6) is -0.724. The highest BCUT2D eigenvalue weighted by molar-refractivity contribution is 6.27. The summed E-state index contributed by atoms with van der Waals surface area (Å²) < 4.78 is 0. The third kappa shape index (κ3) is 4.74. The second-order valence-corrected chi connectivity index (χ2v) is 8.79. The molecule has 1 aliphatic heterocycles. The number of fused-ring (bicyclic) bond motifs is 1. The Bertz CT molecular complexity index is 1090. The Hall–Kier alpha value is -3.29. The lowest BCUT2D eigenvalue weighted by Gasteiger charge is -2.36. The number of likely N-dealkylation sites (N-methyl/N-ethyl adjacent to an activating group) is 2. The molecular formula is C26H30N4O3. The van der Waals surface area contributed by atoms with Crippen LogP contribution in [0.1, 0.15) is 26.3 Å². The lowest BCUT2D eigenvalue weighted by molar-refractivity contribution is -0.129. The molecule has 0 bridgehead atoms. The third-order valence-corrected chi connectivity index (χ3v) is 6.30. The molecule has 7 heteroatoms. The van der Waals surface area contributed by atoms with Crippen LogP contribution in [0.5, 0.6) is 0 Å². The average Bonchev–Trinajstić information content (AvgIpc) is 2.82. The van der Waals surface area contributed by atoms with Gasteiger partial charge in [-0.25, -0.2) is 0 Å². The molecule has 1 fully saturated rings. The molecule has 7 nitrogen and oxygen atoms in total. The van der Waals surface area contributed by atoms with Crippen LogP contribution in [0.2, 0.25) is 0 Å². The maximum absolute atomic E-state index is 13.3. The number of nitrogens with zero attached hydrogens (tertiary/aromatic N) is 4. The van der Waals surface area contributed by atoms with Crippen LogP contribution in [0, 0.1) is 0 Å². The molecule has 33 heavy (non-hydrogen) atoms. The summed E-state index contributed by atoms with van der Waals surface area (Å²) in [5.41, 5.74) is 2.41. The first kappa shape index (κ1) is 22.9. The summed E-state index contributed by atoms with van der Waals surface area (Å²) >= 11 is 0. The Morgan fingerprint density at radius 3 is 1.85 bits per heavy atom. The number of piperazine rings is 1. The Morgan fingerprint density at radius 2 is 1.27 bits per heavy atom. The van der Waals surface area contributed by atoms with E-state index >= 15 is 0 Å². The number of carbonyl (C=O) groups excluding carboxylic acids is 3. The number of ketones is 2. The van der Waals surface area contributed by atoms with E-state index in [-0.39, 0.29) is 35.4 Å². The molecule has 4 rings (SSSR count). The summed E-state index contributed by atoms with van der Waals surface area (Å²) in [6.07, 6.45) is 0. The molecule has 0 unspecified atom stereocenters. The highest BCUT2D eigenvalue weighted by atomic mass is 16.2. The Balaban J connectivity index is 1.44. The topological polar surface area (TPSA) is 64.2 Å². The van der Waals surface area contributed by atoms with E-state index < -0.39 is 0 Å². The van der Waals surface area contributed by atoms with E-state index in [1.165, 1.54) is 10.5 Å². The van der Waals surface area contributed by atoms with Crippen LogP contribution >= 0.6 is 0 Å². The van der Waals surface area contributed by atoms with Gasteiger partial charge in [0.25, 0.3) is 0 Å². The van der Waals surface area contributed by atoms with Gasteiger partial charge in [-0.2, -0.15) is 0 Å². The summed E-state index contributed by atoms with van der Waals surface area (Å²) in [4.78, 5) is 47.0. The molecule has 0 radical (unpaired) electrons. The lowest BCUT2D eigenvalue weighted by Crippen LogP contribution is -2.50. The summed E-state index contributed by atoms with van der Waals surface area (Å²) in [7, 11) is 5.03. The van der Waals surface area contributed by atoms with Gasteiger partial charge in [-0.3, -0.25) is 24.2 Å². The summed E-state index contributed by atoms with van der Waals surface area (Å²) in [6.45, 7) is 4.43. The van der Waals surface area contributed by atoms with Gasteiger partial charge >= 0.3 is 0 Å². The monoisotopic (exact) mass is 446 g/mol. The van der Waals surface area contributed by atoms with Crippen molar-refractivity contribution in [2.75, 3.05) is 53.9 Å². The number of rotatable bonds is 6. The third-order valence-electron chi connectivity index (χ3n) is 6.30. The van der Waals surface area contributed by atoms with Gasteiger partial charge in [0, 0.05) is 65.0 Å². The van der Waals surface area contributed by atoms with Gasteiger partial charge in [0.1, 0.15) is 11.4 Å². The second-order valence-electron chi connectivity index (χ2n) is 8.79. The van der Waals surface area contributed by atoms with Gasteiger partial charge < -0.3 is 9.80 Å². The van der Waals surface area contributed by atoms with E-state index in [0.717, 1.165) is 32.7 Å². The smallest absolute Gasteiger partial charge is 0.241 e. The zero-order valence-corrected chi connectivity index (χ0v) is 19.5. The quantitative estimate of drug-likeness (QED) is 0.677. The van der Waals surface area contributed by atoms with Gasteiger partial charge in [-0.1, -0.05) is 54.6 Å². The van der Waals surface area contributed by atoms with E-state index in [0.29, 0.717) is 11.1 Å². The predicted molar refractivity (Wildman–Crippen MR) is 127 cm³/mol. The fourth-order valence-corrected chi connectivity index (χ4v) is 4.44. The number of hydrogen-bond donors (Lipinski definition) is 0. The molecule has 2 aromatic rings. The fraction of sp³-hybridized carbons (Fsp3) is 0.346. The SMILES string of the molecule is CN(C)C1=C(N(C)C(=O)CN2CCN(Cc3ccccc3)CC2)C(=O)c2ccccc2C1=O. The van der Waals surface area contributed by atoms with Crippen molar-refractivity contribution in [3.8, 4) is 0 Å². The van der Waals surface area contributed by atoms with Crippen LogP contribution in [0.3, 0.4) is 0 Å². The van der Waals surface area contributed by atoms with E-state index in [9.17, 15) is 14.4 Å². The van der Waals surface area contributed by atoms with Gasteiger partial charge in [0.15, 0.2) is 0 Å². The van der Waals surface area contributed by atoms with Crippen LogP contribution in [0.15, 0.2) is 66.0 Å². The van der Waals surface area contributed by atoms with Crippen molar-refractivity contribution in [3.05, 3.63) is 82.7 Å². The van der Waals surface area contributed by atoms with Gasteiger partial charge in [0.2, 0.25) is 17.5 Å². The maximum atomic E-state index is 13.3. The van der Waals surface area contributed by atoms with Crippen molar-refractivity contribution >= 4 is 17.5 Å². The molecule has 0 N–H and O–H groups in total. The Morgan fingerprint density at radius 1 is 0.758 bits per heavy atom. The predicted octanol–water partition coefficient (Wildman–Crippen LogP) is 2.11. The Kier molecular flexibility index (Phi) is 6.72. The van der Waals surface area contributed by atoms with E-state index in [1.54, 1.807) is 50.3 Å². The molecule has 0 saturated carbocycles. The van der Waals surface area contributed by atoms with Gasteiger partial charge in [0.05, 0.1) is 6.54 Å². The minimum absolute atomic E-state index is 0.149. The number of amides is 1. The van der Waals surface area contributed by atoms with Crippen molar-refractivity contribution in [2.45, 2.75) is 6.54 Å². The molecule has 0 aromatic heterocycles. The average molecular weight is 447 g/mol. The molecule has 2 aliphatic rings. The van der Waals surface area contributed by atoms with Crippen molar-refractivity contribution in [1.29, 1.82) is 0 Å². The number of Topliss-reactive ketones (excluding diaryl/α,β-unsaturated/α-hetero) is 2. The maximum Gasteiger partial charge on any atom is 0.241 e. The minimum Gasteiger partial charge on any atom is -0.373 e. The zero-order chi connectivity index (χ0) is 23.5. The standard InChI is InChI=1S/C26H30N4O3/c1-27(2)23-24(26(33)21-12-8-7-11-20(21)25(23)32)28(3)22(31)18-30-15-13-29(14-16-30)17-19-9-5-4-6-10-19/h4-12H,13-18H2,1-3H3. The van der Waals surface area contributed by atoms with E-state index in [2.05, 4.69) is 21.9 Å². The highest BCUT2D eigenvalue weighted by Crippen LogP contribution is 2.29. The summed E-state index contributed by atoms with van der Waals surface area (Å²) in [5, 5.41) is 0. The Labute approximate surface area is 194 Å². The van der Waals surface area contributed by atoms with Crippen molar-refractivity contribution in [2.24, 2.45) is 0 Å². The van der Waals surface area contributed by atoms with Crippen LogP contribution in [0.4, 0.5) is 0 Å². The van der Waals surface area contributed by atoms with Crippen LogP contribution < -0.4 is 0 Å². The minimum atomic E-state index is -0.294. The molecule has 0 atom stereocenters. The molecule has 1 amide bonds. The van der Waals surface area contributed by atoms with Crippen LogP contribution in [-0.2, 0) is 11.3 Å². The van der Waals surface area contributed by atoms with Crippen molar-refractivity contribution in [1.82, 2.24) is 19.6 Å². The molecule has 1 aliphatic carbocycles. The van der Waals surface area contributed by atoms with Gasteiger partial charge in [-0.05, 0) is 5.56 Å². The highest BCUT2D eigenvalue weighted by Gasteiger charge is 2.37. The van der Waals surface area contributed by atoms with E-state index in [1.807, 2.05) is 18.2 Å². The largest absolute Gasteiger partial charge is 0.373 e. The molecule has 0 spiro atoms. The van der Waals surface area contributed by atoms with Crippen molar-refractivity contribution in [3.63, 3.8) is 0 Å². The first-order valence-electron chi connectivity index (χ1n) is 11.2. The second kappa shape index (κ2) is 9.68. The molecule has 172 valence electrons. The molecular weight excluding hydrogens is 416 g/mol. The first-order valence-corrected chi connectivity index (χ1v) is 11.2. The molecule has 1 saturated heterocycles. The lowest BCUT2D eigenvalue weighted by atomic mass is 9.89. The molecule has 1 heterocycles. The molecule has 2 aromatic carbocycles. The summed E-state index contributed by atoms with van der Waals surface area (Å²) in [6, 6.07) is 17.2. The van der Waals surface area contributed by atoms with Crippen LogP contribution in [0.25, 0.3) is 0 Å². The van der Waals surface area contributed by atoms with Gasteiger partial charge in [-0.15, -0.1) is 0 Å². The number of benzene rings is 2. The first-order chi connectivity index (χ1) is 15.9.